The highest BCUT2D eigenvalue weighted by Gasteiger charge is 2.26. The van der Waals surface area contributed by atoms with E-state index in [9.17, 15) is 4.79 Å². The van der Waals surface area contributed by atoms with Gasteiger partial charge in [-0.1, -0.05) is 12.1 Å². The van der Waals surface area contributed by atoms with Gasteiger partial charge in [0.1, 0.15) is 0 Å². The SMILES string of the molecule is CC(C)N1CCC(N(C)C(=O)c2ccc(Cn3cccn3)cc2)CC1. The molecule has 0 radical (unpaired) electrons. The Bertz CT molecular complexity index is 670. The van der Waals surface area contributed by atoms with Gasteiger partial charge in [-0.25, -0.2) is 0 Å². The summed E-state index contributed by atoms with van der Waals surface area (Å²) >= 11 is 0. The van der Waals surface area contributed by atoms with Gasteiger partial charge in [-0.05, 0) is 50.5 Å². The molecule has 5 heteroatoms. The van der Waals surface area contributed by atoms with E-state index >= 15 is 0 Å². The number of rotatable bonds is 5. The Morgan fingerprint density at radius 3 is 2.48 bits per heavy atom. The Balaban J connectivity index is 1.58. The molecule has 0 atom stereocenters. The molecule has 2 aromatic rings. The summed E-state index contributed by atoms with van der Waals surface area (Å²) < 4.78 is 1.88. The van der Waals surface area contributed by atoms with E-state index in [1.807, 2.05) is 53.2 Å². The number of hydrogen-bond acceptors (Lipinski definition) is 3. The molecule has 25 heavy (non-hydrogen) atoms. The van der Waals surface area contributed by atoms with Crippen LogP contribution in [-0.4, -0.2) is 57.7 Å². The molecule has 3 rings (SSSR count). The Hall–Kier alpha value is -2.14. The van der Waals surface area contributed by atoms with Crippen molar-refractivity contribution in [3.8, 4) is 0 Å². The van der Waals surface area contributed by atoms with Crippen molar-refractivity contribution in [2.24, 2.45) is 0 Å². The molecule has 1 amide bonds. The molecule has 1 saturated heterocycles. The average molecular weight is 340 g/mol. The highest BCUT2D eigenvalue weighted by atomic mass is 16.2. The molecule has 1 aliphatic rings. The number of amides is 1. The maximum atomic E-state index is 12.8. The van der Waals surface area contributed by atoms with Crippen LogP contribution in [0.4, 0.5) is 0 Å². The third-order valence-corrected chi connectivity index (χ3v) is 5.20. The minimum absolute atomic E-state index is 0.119. The zero-order valence-electron chi connectivity index (χ0n) is 15.4. The van der Waals surface area contributed by atoms with E-state index in [2.05, 4.69) is 23.8 Å². The van der Waals surface area contributed by atoms with Crippen molar-refractivity contribution >= 4 is 5.91 Å². The van der Waals surface area contributed by atoms with Gasteiger partial charge in [-0.15, -0.1) is 0 Å². The van der Waals surface area contributed by atoms with Crippen LogP contribution in [0.5, 0.6) is 0 Å². The smallest absolute Gasteiger partial charge is 0.253 e. The van der Waals surface area contributed by atoms with E-state index in [1.165, 1.54) is 0 Å². The monoisotopic (exact) mass is 340 g/mol. The van der Waals surface area contributed by atoms with Crippen LogP contribution in [0.3, 0.4) is 0 Å². The van der Waals surface area contributed by atoms with E-state index in [0.29, 0.717) is 12.1 Å². The third kappa shape index (κ3) is 4.28. The number of aromatic nitrogens is 2. The van der Waals surface area contributed by atoms with Gasteiger partial charge in [0.25, 0.3) is 5.91 Å². The maximum absolute atomic E-state index is 12.8. The second-order valence-corrected chi connectivity index (χ2v) is 7.18. The highest BCUT2D eigenvalue weighted by Crippen LogP contribution is 2.19. The van der Waals surface area contributed by atoms with Crippen LogP contribution in [0.2, 0.25) is 0 Å². The van der Waals surface area contributed by atoms with Gasteiger partial charge in [0, 0.05) is 50.2 Å². The minimum atomic E-state index is 0.119. The van der Waals surface area contributed by atoms with Crippen LogP contribution < -0.4 is 0 Å². The Morgan fingerprint density at radius 2 is 1.92 bits per heavy atom. The predicted molar refractivity (Wildman–Crippen MR) is 99.6 cm³/mol. The lowest BCUT2D eigenvalue weighted by atomic mass is 10.0. The van der Waals surface area contributed by atoms with Crippen LogP contribution in [0.25, 0.3) is 0 Å². The molecule has 134 valence electrons. The van der Waals surface area contributed by atoms with Gasteiger partial charge in [0.15, 0.2) is 0 Å². The number of likely N-dealkylation sites (tertiary alicyclic amines) is 1. The second kappa shape index (κ2) is 7.83. The second-order valence-electron chi connectivity index (χ2n) is 7.18. The van der Waals surface area contributed by atoms with Crippen LogP contribution in [0.1, 0.15) is 42.6 Å². The van der Waals surface area contributed by atoms with Gasteiger partial charge >= 0.3 is 0 Å². The van der Waals surface area contributed by atoms with Crippen molar-refractivity contribution in [1.29, 1.82) is 0 Å². The molecule has 1 aromatic heterocycles. The van der Waals surface area contributed by atoms with E-state index in [4.69, 9.17) is 0 Å². The van der Waals surface area contributed by atoms with Gasteiger partial charge in [0.05, 0.1) is 6.54 Å². The summed E-state index contributed by atoms with van der Waals surface area (Å²) in [5.74, 6) is 0.119. The van der Waals surface area contributed by atoms with Crippen LogP contribution in [0.15, 0.2) is 42.7 Å². The van der Waals surface area contributed by atoms with E-state index in [0.717, 1.165) is 43.6 Å². The molecule has 0 unspecified atom stereocenters. The van der Waals surface area contributed by atoms with Crippen molar-refractivity contribution in [2.75, 3.05) is 20.1 Å². The Morgan fingerprint density at radius 1 is 1.24 bits per heavy atom. The summed E-state index contributed by atoms with van der Waals surface area (Å²) in [6, 6.07) is 10.7. The lowest BCUT2D eigenvalue weighted by molar-refractivity contribution is 0.0615. The molecular weight excluding hydrogens is 312 g/mol. The maximum Gasteiger partial charge on any atom is 0.253 e. The summed E-state index contributed by atoms with van der Waals surface area (Å²) in [5, 5.41) is 4.21. The first-order valence-electron chi connectivity index (χ1n) is 9.12. The highest BCUT2D eigenvalue weighted by molar-refractivity contribution is 5.94. The zero-order valence-corrected chi connectivity index (χ0v) is 15.4. The molecule has 0 N–H and O–H groups in total. The third-order valence-electron chi connectivity index (χ3n) is 5.20. The molecule has 2 heterocycles. The average Bonchev–Trinajstić information content (AvgIpc) is 3.14. The van der Waals surface area contributed by atoms with Crippen LogP contribution in [0, 0.1) is 0 Å². The van der Waals surface area contributed by atoms with Gasteiger partial charge in [-0.2, -0.15) is 5.10 Å². The number of piperidine rings is 1. The number of carbonyl (C=O) groups excluding carboxylic acids is 1. The number of benzene rings is 1. The summed E-state index contributed by atoms with van der Waals surface area (Å²) in [5.41, 5.74) is 1.91. The normalized spacial score (nSPS) is 16.3. The molecule has 0 spiro atoms. The van der Waals surface area contributed by atoms with Crippen LogP contribution >= 0.6 is 0 Å². The fourth-order valence-electron chi connectivity index (χ4n) is 3.49. The Labute approximate surface area is 150 Å². The van der Waals surface area contributed by atoms with Gasteiger partial charge < -0.3 is 9.80 Å². The number of carbonyl (C=O) groups is 1. The molecule has 1 fully saturated rings. The van der Waals surface area contributed by atoms with E-state index in [1.54, 1.807) is 6.20 Å². The number of hydrogen-bond donors (Lipinski definition) is 0. The topological polar surface area (TPSA) is 41.4 Å². The molecule has 0 bridgehead atoms. The first kappa shape index (κ1) is 17.7. The quantitative estimate of drug-likeness (QED) is 0.840. The van der Waals surface area contributed by atoms with Crippen molar-refractivity contribution in [3.05, 3.63) is 53.9 Å². The fourth-order valence-corrected chi connectivity index (χ4v) is 3.49. The van der Waals surface area contributed by atoms with Crippen LogP contribution in [-0.2, 0) is 6.54 Å². The summed E-state index contributed by atoms with van der Waals surface area (Å²) in [7, 11) is 1.94. The largest absolute Gasteiger partial charge is 0.339 e. The van der Waals surface area contributed by atoms with Gasteiger partial charge in [0.2, 0.25) is 0 Å². The summed E-state index contributed by atoms with van der Waals surface area (Å²) in [6.07, 6.45) is 5.82. The number of nitrogens with zero attached hydrogens (tertiary/aromatic N) is 4. The van der Waals surface area contributed by atoms with Crippen molar-refractivity contribution in [1.82, 2.24) is 19.6 Å². The zero-order chi connectivity index (χ0) is 17.8. The lowest BCUT2D eigenvalue weighted by Gasteiger charge is -2.38. The molecule has 0 aliphatic carbocycles. The first-order chi connectivity index (χ1) is 12.0. The minimum Gasteiger partial charge on any atom is -0.339 e. The predicted octanol–water partition coefficient (Wildman–Crippen LogP) is 2.88. The molecule has 0 saturated carbocycles. The standard InChI is InChI=1S/C20H28N4O/c1-16(2)23-13-9-19(10-14-23)22(3)20(25)18-7-5-17(6-8-18)15-24-12-4-11-21-24/h4-8,11-12,16,19H,9-10,13-15H2,1-3H3. The van der Waals surface area contributed by atoms with Crippen molar-refractivity contribution in [2.45, 2.75) is 45.3 Å². The van der Waals surface area contributed by atoms with Crippen molar-refractivity contribution in [3.63, 3.8) is 0 Å². The fraction of sp³-hybridized carbons (Fsp3) is 0.500. The summed E-state index contributed by atoms with van der Waals surface area (Å²) in [6.45, 7) is 7.34. The van der Waals surface area contributed by atoms with E-state index in [-0.39, 0.29) is 5.91 Å². The molecular formula is C20H28N4O. The van der Waals surface area contributed by atoms with Crippen molar-refractivity contribution < 1.29 is 4.79 Å². The first-order valence-corrected chi connectivity index (χ1v) is 9.12. The summed E-state index contributed by atoms with van der Waals surface area (Å²) in [4.78, 5) is 17.2. The van der Waals surface area contributed by atoms with Gasteiger partial charge in [-0.3, -0.25) is 9.48 Å². The molecule has 1 aliphatic heterocycles. The lowest BCUT2D eigenvalue weighted by Crippen LogP contribution is -2.47. The Kier molecular flexibility index (Phi) is 5.53. The molecule has 1 aromatic carbocycles. The molecule has 5 nitrogen and oxygen atoms in total. The van der Waals surface area contributed by atoms with E-state index < -0.39 is 0 Å².